The van der Waals surface area contributed by atoms with Gasteiger partial charge in [-0.1, -0.05) is 36.4 Å². The van der Waals surface area contributed by atoms with Crippen LogP contribution in [0.25, 0.3) is 22.2 Å². The lowest BCUT2D eigenvalue weighted by Crippen LogP contribution is -2.57. The second-order valence-electron chi connectivity index (χ2n) is 9.64. The average molecular weight is 550 g/mol. The van der Waals surface area contributed by atoms with E-state index in [1.54, 1.807) is 19.2 Å². The Kier molecular flexibility index (Phi) is 7.16. The van der Waals surface area contributed by atoms with Crippen LogP contribution in [0.5, 0.6) is 5.75 Å². The third-order valence-corrected chi connectivity index (χ3v) is 7.16. The van der Waals surface area contributed by atoms with Crippen molar-refractivity contribution in [2.75, 3.05) is 49.8 Å². The molecule has 1 saturated heterocycles. The quantitative estimate of drug-likeness (QED) is 0.292. The lowest BCUT2D eigenvalue weighted by Gasteiger charge is -2.45. The number of likely N-dealkylation sites (N-methyl/N-ethyl adjacent to an activating group) is 1. The first-order chi connectivity index (χ1) is 18.7. The minimum atomic E-state index is -1.08. The predicted octanol–water partition coefficient (Wildman–Crippen LogP) is 5.21. The number of carbonyl (C=O) groups is 1. The molecule has 1 amide bonds. The second kappa shape index (κ2) is 10.5. The number of halogens is 2. The van der Waals surface area contributed by atoms with E-state index in [4.69, 9.17) is 21.3 Å². The van der Waals surface area contributed by atoms with E-state index in [2.05, 4.69) is 32.0 Å². The first kappa shape index (κ1) is 26.5. The molecule has 0 radical (unpaired) electrons. The summed E-state index contributed by atoms with van der Waals surface area (Å²) in [6, 6.07) is 11.8. The smallest absolute Gasteiger partial charge is 0.283 e. The fourth-order valence-corrected chi connectivity index (χ4v) is 4.83. The molecular formula is C28H29ClFN7O2. The SMILES string of the molecule is C=C(F)C(=O)Nc1cc(Nc2ncc(Cl)c(-c3cn(C)c4ccccc34)n2)c(OC)cc1N1CC(N(C)C)C1. The molecule has 39 heavy (non-hydrogen) atoms. The van der Waals surface area contributed by atoms with Crippen LogP contribution in [0.3, 0.4) is 0 Å². The second-order valence-corrected chi connectivity index (χ2v) is 10.0. The Morgan fingerprint density at radius 3 is 2.67 bits per heavy atom. The molecule has 0 atom stereocenters. The molecule has 202 valence electrons. The molecule has 11 heteroatoms. The maximum atomic E-state index is 13.6. The van der Waals surface area contributed by atoms with Gasteiger partial charge in [-0.15, -0.1) is 0 Å². The van der Waals surface area contributed by atoms with Gasteiger partial charge in [0, 0.05) is 54.9 Å². The number of anilines is 4. The van der Waals surface area contributed by atoms with E-state index in [9.17, 15) is 9.18 Å². The molecule has 0 spiro atoms. The molecular weight excluding hydrogens is 521 g/mol. The van der Waals surface area contributed by atoms with Crippen molar-refractivity contribution in [1.82, 2.24) is 19.4 Å². The molecule has 1 aliphatic heterocycles. The molecule has 2 aromatic heterocycles. The molecule has 1 fully saturated rings. The molecule has 0 aliphatic carbocycles. The number of nitrogens with zero attached hydrogens (tertiary/aromatic N) is 5. The number of carbonyl (C=O) groups excluding carboxylic acids is 1. The molecule has 2 N–H and O–H groups in total. The number of ether oxygens (including phenoxy) is 1. The highest BCUT2D eigenvalue weighted by atomic mass is 35.5. The van der Waals surface area contributed by atoms with Crippen LogP contribution in [0.15, 0.2) is 61.2 Å². The number of hydrogen-bond donors (Lipinski definition) is 2. The van der Waals surface area contributed by atoms with Crippen molar-refractivity contribution < 1.29 is 13.9 Å². The van der Waals surface area contributed by atoms with Crippen molar-refractivity contribution in [2.24, 2.45) is 7.05 Å². The van der Waals surface area contributed by atoms with Crippen LogP contribution in [0, 0.1) is 0 Å². The number of fused-ring (bicyclic) bond motifs is 1. The van der Waals surface area contributed by atoms with Crippen molar-refractivity contribution in [1.29, 1.82) is 0 Å². The van der Waals surface area contributed by atoms with E-state index in [1.807, 2.05) is 56.2 Å². The number of aromatic nitrogens is 3. The highest BCUT2D eigenvalue weighted by Gasteiger charge is 2.31. The molecule has 3 heterocycles. The van der Waals surface area contributed by atoms with Crippen molar-refractivity contribution in [2.45, 2.75) is 6.04 Å². The molecule has 0 bridgehead atoms. The van der Waals surface area contributed by atoms with E-state index in [1.165, 1.54) is 6.20 Å². The summed E-state index contributed by atoms with van der Waals surface area (Å²) < 4.78 is 21.3. The Balaban J connectivity index is 1.52. The lowest BCUT2D eigenvalue weighted by molar-refractivity contribution is -0.114. The Labute approximate surface area is 230 Å². The molecule has 5 rings (SSSR count). The highest BCUT2D eigenvalue weighted by molar-refractivity contribution is 6.33. The van der Waals surface area contributed by atoms with Gasteiger partial charge in [0.1, 0.15) is 5.75 Å². The van der Waals surface area contributed by atoms with Crippen LogP contribution in [-0.4, -0.2) is 65.7 Å². The summed E-state index contributed by atoms with van der Waals surface area (Å²) in [7, 11) is 7.55. The third-order valence-electron chi connectivity index (χ3n) is 6.89. The van der Waals surface area contributed by atoms with Crippen LogP contribution in [-0.2, 0) is 11.8 Å². The summed E-state index contributed by atoms with van der Waals surface area (Å²) in [6.45, 7) is 4.61. The fraction of sp³-hybridized carbons (Fsp3) is 0.250. The van der Waals surface area contributed by atoms with Crippen molar-refractivity contribution in [3.05, 3.63) is 66.2 Å². The number of rotatable bonds is 8. The first-order valence-electron chi connectivity index (χ1n) is 12.3. The molecule has 0 saturated carbocycles. The summed E-state index contributed by atoms with van der Waals surface area (Å²) in [5, 5.41) is 7.22. The summed E-state index contributed by atoms with van der Waals surface area (Å²) in [5.41, 5.74) is 4.08. The van der Waals surface area contributed by atoms with E-state index in [-0.39, 0.29) is 5.95 Å². The largest absolute Gasteiger partial charge is 0.494 e. The zero-order chi connectivity index (χ0) is 27.8. The monoisotopic (exact) mass is 549 g/mol. The van der Waals surface area contributed by atoms with Gasteiger partial charge in [-0.05, 0) is 26.2 Å². The first-order valence-corrected chi connectivity index (χ1v) is 12.7. The fourth-order valence-electron chi connectivity index (χ4n) is 4.63. The van der Waals surface area contributed by atoms with Crippen molar-refractivity contribution >= 4 is 51.4 Å². The summed E-state index contributed by atoms with van der Waals surface area (Å²) in [5.74, 6) is -1.22. The number of para-hydroxylation sites is 1. The Morgan fingerprint density at radius 1 is 1.23 bits per heavy atom. The number of benzene rings is 2. The standard InChI is InChI=1S/C28H29ClFN7O2/c1-16(30)27(38)32-21-10-22(25(39-5)11-24(21)37-13-17(14-37)35(2)3)33-28-31-12-20(29)26(34-28)19-15-36(4)23-9-7-6-8-18(19)23/h6-12,15,17H,1,13-14H2,2-5H3,(H,32,38)(H,31,33,34). The van der Waals surface area contributed by atoms with Gasteiger partial charge in [-0.2, -0.15) is 0 Å². The molecule has 0 unspecified atom stereocenters. The summed E-state index contributed by atoms with van der Waals surface area (Å²) in [6.07, 6.45) is 3.51. The number of methoxy groups -OCH3 is 1. The van der Waals surface area contributed by atoms with Crippen LogP contribution in [0.1, 0.15) is 0 Å². The van der Waals surface area contributed by atoms with E-state index in [0.717, 1.165) is 29.6 Å². The van der Waals surface area contributed by atoms with E-state index < -0.39 is 11.7 Å². The van der Waals surface area contributed by atoms with Gasteiger partial charge in [-0.3, -0.25) is 4.79 Å². The average Bonchev–Trinajstić information content (AvgIpc) is 3.21. The van der Waals surface area contributed by atoms with Gasteiger partial charge < -0.3 is 29.7 Å². The summed E-state index contributed by atoms with van der Waals surface area (Å²) in [4.78, 5) is 25.5. The topological polar surface area (TPSA) is 87.5 Å². The van der Waals surface area contributed by atoms with Crippen molar-refractivity contribution in [3.8, 4) is 17.0 Å². The Hall–Kier alpha value is -4.15. The number of aryl methyl sites for hydroxylation is 1. The van der Waals surface area contributed by atoms with Gasteiger partial charge in [0.15, 0.2) is 5.83 Å². The number of hydrogen-bond acceptors (Lipinski definition) is 7. The lowest BCUT2D eigenvalue weighted by atomic mass is 10.0. The van der Waals surface area contributed by atoms with Gasteiger partial charge >= 0.3 is 0 Å². The maximum absolute atomic E-state index is 13.6. The number of nitrogens with one attached hydrogen (secondary N) is 2. The highest BCUT2D eigenvalue weighted by Crippen LogP contribution is 2.41. The maximum Gasteiger partial charge on any atom is 0.283 e. The van der Waals surface area contributed by atoms with Crippen LogP contribution in [0.2, 0.25) is 5.02 Å². The van der Waals surface area contributed by atoms with Crippen LogP contribution in [0.4, 0.5) is 27.4 Å². The molecule has 4 aromatic rings. The normalized spacial score (nSPS) is 13.5. The van der Waals surface area contributed by atoms with Crippen LogP contribution >= 0.6 is 11.6 Å². The zero-order valence-corrected chi connectivity index (χ0v) is 22.9. The van der Waals surface area contributed by atoms with Crippen LogP contribution < -0.4 is 20.3 Å². The van der Waals surface area contributed by atoms with Gasteiger partial charge in [0.25, 0.3) is 5.91 Å². The van der Waals surface area contributed by atoms with Gasteiger partial charge in [0.2, 0.25) is 5.95 Å². The molecule has 1 aliphatic rings. The van der Waals surface area contributed by atoms with E-state index >= 15 is 0 Å². The minimum absolute atomic E-state index is 0.275. The Bertz CT molecular complexity index is 1580. The summed E-state index contributed by atoms with van der Waals surface area (Å²) >= 11 is 6.54. The third kappa shape index (κ3) is 5.13. The zero-order valence-electron chi connectivity index (χ0n) is 22.1. The predicted molar refractivity (Wildman–Crippen MR) is 154 cm³/mol. The van der Waals surface area contributed by atoms with Crippen molar-refractivity contribution in [3.63, 3.8) is 0 Å². The van der Waals surface area contributed by atoms with Gasteiger partial charge in [-0.25, -0.2) is 14.4 Å². The Morgan fingerprint density at radius 2 is 1.97 bits per heavy atom. The van der Waals surface area contributed by atoms with Gasteiger partial charge in [0.05, 0.1) is 41.1 Å². The van der Waals surface area contributed by atoms with E-state index in [0.29, 0.717) is 39.6 Å². The molecule has 9 nitrogen and oxygen atoms in total. The minimum Gasteiger partial charge on any atom is -0.494 e. The molecule has 2 aromatic carbocycles. The number of amides is 1.